The second-order valence-corrected chi connectivity index (χ2v) is 7.60. The highest BCUT2D eigenvalue weighted by atomic mass is 28.1. The fourth-order valence-corrected chi connectivity index (χ4v) is 3.57. The molecule has 0 aliphatic rings. The molecule has 149 valence electrons. The number of hydrogen-bond acceptors (Lipinski definition) is 3. The van der Waals surface area contributed by atoms with Crippen molar-refractivity contribution < 1.29 is 14.2 Å². The lowest BCUT2D eigenvalue weighted by Gasteiger charge is -2.28. The van der Waals surface area contributed by atoms with Crippen molar-refractivity contribution in [1.82, 2.24) is 0 Å². The van der Waals surface area contributed by atoms with Gasteiger partial charge in [-0.2, -0.15) is 0 Å². The lowest BCUT2D eigenvalue weighted by atomic mass is 10.0. The molecule has 0 aliphatic carbocycles. The summed E-state index contributed by atoms with van der Waals surface area (Å²) < 4.78 is 15.9. The number of rotatable bonds is 20. The first kappa shape index (κ1) is 25.1. The van der Waals surface area contributed by atoms with Crippen molar-refractivity contribution in [1.29, 1.82) is 0 Å². The summed E-state index contributed by atoms with van der Waals surface area (Å²) in [6.45, 7) is 0. The number of hydrogen-bond donors (Lipinski definition) is 0. The Hall–Kier alpha value is 0.0969. The monoisotopic (exact) mass is 371 g/mol. The highest BCUT2D eigenvalue weighted by molar-refractivity contribution is 6.08. The summed E-state index contributed by atoms with van der Waals surface area (Å²) in [5.41, 5.74) is 0. The zero-order valence-electron chi connectivity index (χ0n) is 17.2. The minimum atomic E-state index is -0.839. The molecule has 0 fully saturated rings. The van der Waals surface area contributed by atoms with Crippen molar-refractivity contribution in [3.63, 3.8) is 0 Å². The summed E-state index contributed by atoms with van der Waals surface area (Å²) in [5, 5.41) is 0. The van der Waals surface area contributed by atoms with Gasteiger partial charge in [0, 0.05) is 38.0 Å². The molecule has 0 aromatic heterocycles. The second kappa shape index (κ2) is 18.9. The van der Waals surface area contributed by atoms with Gasteiger partial charge in [0.05, 0.1) is 0 Å². The molecule has 0 heterocycles. The van der Waals surface area contributed by atoms with Gasteiger partial charge in [-0.05, 0) is 6.42 Å². The summed E-state index contributed by atoms with van der Waals surface area (Å²) in [6, 6.07) is 1.16. The fourth-order valence-electron chi connectivity index (χ4n) is 3.32. The van der Waals surface area contributed by atoms with E-state index in [1.54, 1.807) is 21.3 Å². The van der Waals surface area contributed by atoms with Crippen LogP contribution in [0.15, 0.2) is 0 Å². The van der Waals surface area contributed by atoms with Crippen molar-refractivity contribution in [2.24, 2.45) is 0 Å². The summed E-state index contributed by atoms with van der Waals surface area (Å²) >= 11 is 0. The number of methoxy groups -OCH3 is 3. The third-order valence-corrected chi connectivity index (χ3v) is 5.45. The molecule has 25 heavy (non-hydrogen) atoms. The molecule has 3 nitrogen and oxygen atoms in total. The van der Waals surface area contributed by atoms with Gasteiger partial charge in [-0.1, -0.05) is 95.9 Å². The Morgan fingerprint density at radius 1 is 0.480 bits per heavy atom. The van der Waals surface area contributed by atoms with E-state index < -0.39 is 5.97 Å². The molecule has 0 spiro atoms. The Bertz CT molecular complexity index is 249. The van der Waals surface area contributed by atoms with Crippen molar-refractivity contribution in [2.45, 2.75) is 115 Å². The molecule has 0 saturated carbocycles. The molecule has 0 aliphatic heterocycles. The Morgan fingerprint density at radius 3 is 1.04 bits per heavy atom. The molecular weight excluding hydrogens is 328 g/mol. The van der Waals surface area contributed by atoms with E-state index in [0.29, 0.717) is 0 Å². The third kappa shape index (κ3) is 14.9. The van der Waals surface area contributed by atoms with Crippen LogP contribution in [0.5, 0.6) is 0 Å². The van der Waals surface area contributed by atoms with E-state index in [-0.39, 0.29) is 0 Å². The minimum absolute atomic E-state index is 0.798. The first-order valence-corrected chi connectivity index (χ1v) is 11.3. The molecule has 0 atom stereocenters. The van der Waals surface area contributed by atoms with Crippen LogP contribution < -0.4 is 0 Å². The largest absolute Gasteiger partial charge is 0.331 e. The smallest absolute Gasteiger partial charge is 0.282 e. The van der Waals surface area contributed by atoms with E-state index in [2.05, 4.69) is 10.2 Å². The van der Waals surface area contributed by atoms with E-state index in [9.17, 15) is 0 Å². The predicted octanol–water partition coefficient (Wildman–Crippen LogP) is 6.41. The lowest BCUT2D eigenvalue weighted by molar-refractivity contribution is -0.355. The number of unbranched alkanes of at least 4 members (excludes halogenated alkanes) is 14. The van der Waals surface area contributed by atoms with Crippen LogP contribution in [-0.4, -0.2) is 37.5 Å². The van der Waals surface area contributed by atoms with Crippen molar-refractivity contribution in [3.05, 3.63) is 0 Å². The Kier molecular flexibility index (Phi) is 18.9. The Morgan fingerprint density at radius 2 is 0.760 bits per heavy atom. The topological polar surface area (TPSA) is 27.7 Å². The van der Waals surface area contributed by atoms with Gasteiger partial charge in [0.1, 0.15) is 0 Å². The van der Waals surface area contributed by atoms with Gasteiger partial charge >= 0.3 is 0 Å². The third-order valence-electron chi connectivity index (χ3n) is 5.09. The average molecular weight is 372 g/mol. The van der Waals surface area contributed by atoms with Crippen LogP contribution in [0.2, 0.25) is 6.04 Å². The van der Waals surface area contributed by atoms with Crippen LogP contribution in [0, 0.1) is 0 Å². The normalized spacial score (nSPS) is 12.0. The first-order valence-electron chi connectivity index (χ1n) is 10.5. The van der Waals surface area contributed by atoms with Crippen molar-refractivity contribution in [2.75, 3.05) is 21.3 Å². The fraction of sp³-hybridized carbons (Fsp3) is 1.00. The molecule has 3 radical (unpaired) electrons. The van der Waals surface area contributed by atoms with E-state index in [1.807, 2.05) is 0 Å². The highest BCUT2D eigenvalue weighted by Crippen LogP contribution is 2.21. The van der Waals surface area contributed by atoms with Gasteiger partial charge in [0.2, 0.25) is 0 Å². The van der Waals surface area contributed by atoms with Crippen LogP contribution >= 0.6 is 0 Å². The molecular formula is C21H43O3Si. The zero-order valence-corrected chi connectivity index (χ0v) is 18.2. The number of ether oxygens (including phenoxy) is 3. The highest BCUT2D eigenvalue weighted by Gasteiger charge is 2.28. The minimum Gasteiger partial charge on any atom is -0.331 e. The maximum atomic E-state index is 5.31. The quantitative estimate of drug-likeness (QED) is 0.141. The summed E-state index contributed by atoms with van der Waals surface area (Å²) in [6.07, 6.45) is 21.3. The molecule has 0 amide bonds. The molecule has 0 rings (SSSR count). The standard InChI is InChI=1S/C21H43O3Si/c1-22-21(23-2,24-3)19-17-15-13-11-9-7-5-4-6-8-10-12-14-16-18-20-25/h4-20H2,1-3H3. The SMILES string of the molecule is COC(CCCCCCCCCCCCCCCCC[Si])(OC)OC. The van der Waals surface area contributed by atoms with Gasteiger partial charge in [0.15, 0.2) is 0 Å². The lowest BCUT2D eigenvalue weighted by Crippen LogP contribution is -2.35. The van der Waals surface area contributed by atoms with E-state index in [1.165, 1.54) is 89.9 Å². The van der Waals surface area contributed by atoms with E-state index in [4.69, 9.17) is 14.2 Å². The van der Waals surface area contributed by atoms with Crippen molar-refractivity contribution in [3.8, 4) is 0 Å². The summed E-state index contributed by atoms with van der Waals surface area (Å²) in [7, 11) is 8.45. The first-order chi connectivity index (χ1) is 12.2. The molecule has 4 heteroatoms. The van der Waals surface area contributed by atoms with Crippen LogP contribution in [0.4, 0.5) is 0 Å². The maximum absolute atomic E-state index is 5.31. The zero-order chi connectivity index (χ0) is 18.6. The maximum Gasteiger partial charge on any atom is 0.282 e. The van der Waals surface area contributed by atoms with E-state index in [0.717, 1.165) is 18.9 Å². The molecule has 0 bridgehead atoms. The molecule has 0 N–H and O–H groups in total. The van der Waals surface area contributed by atoms with Gasteiger partial charge < -0.3 is 14.2 Å². The van der Waals surface area contributed by atoms with Gasteiger partial charge in [-0.15, -0.1) is 0 Å². The molecule has 0 aromatic carbocycles. The predicted molar refractivity (Wildman–Crippen MR) is 108 cm³/mol. The van der Waals surface area contributed by atoms with Gasteiger partial charge in [0.25, 0.3) is 5.97 Å². The Balaban J connectivity index is 3.21. The molecule has 0 saturated heterocycles. The summed E-state index contributed by atoms with van der Waals surface area (Å²) in [4.78, 5) is 0. The van der Waals surface area contributed by atoms with Gasteiger partial charge in [-0.3, -0.25) is 0 Å². The molecule has 0 unspecified atom stereocenters. The van der Waals surface area contributed by atoms with Crippen LogP contribution in [0.25, 0.3) is 0 Å². The second-order valence-electron chi connectivity index (χ2n) is 7.10. The van der Waals surface area contributed by atoms with Crippen molar-refractivity contribution >= 4 is 10.2 Å². The average Bonchev–Trinajstić information content (AvgIpc) is 2.65. The van der Waals surface area contributed by atoms with Crippen LogP contribution in [-0.2, 0) is 14.2 Å². The Labute approximate surface area is 161 Å². The molecule has 0 aromatic rings. The summed E-state index contributed by atoms with van der Waals surface area (Å²) in [5.74, 6) is -0.839. The van der Waals surface area contributed by atoms with Gasteiger partial charge in [-0.25, -0.2) is 0 Å². The van der Waals surface area contributed by atoms with E-state index >= 15 is 0 Å². The van der Waals surface area contributed by atoms with Crippen LogP contribution in [0.1, 0.15) is 103 Å². The van der Waals surface area contributed by atoms with Crippen LogP contribution in [0.3, 0.4) is 0 Å².